The first-order chi connectivity index (χ1) is 9.61. The summed E-state index contributed by atoms with van der Waals surface area (Å²) in [7, 11) is 0. The summed E-state index contributed by atoms with van der Waals surface area (Å²) < 4.78 is 0.794. The lowest BCUT2D eigenvalue weighted by Gasteiger charge is -2.01. The standard InChI is InChI=1S/C12H10BrN5OS/c1-7-16-11(6-20-7)8-2-10(14-3-8)12(19)17-18-5-9(13)4-15-18/h2-6,14H,1H3,(H,17,19). The molecule has 20 heavy (non-hydrogen) atoms. The van der Waals surface area contributed by atoms with Gasteiger partial charge in [0.25, 0.3) is 5.91 Å². The first-order valence-electron chi connectivity index (χ1n) is 5.74. The molecule has 0 unspecified atom stereocenters. The van der Waals surface area contributed by atoms with Crippen LogP contribution in [0.15, 0.2) is 34.5 Å². The Hall–Kier alpha value is -1.93. The van der Waals surface area contributed by atoms with Crippen molar-refractivity contribution in [3.8, 4) is 11.3 Å². The van der Waals surface area contributed by atoms with E-state index < -0.39 is 0 Å². The van der Waals surface area contributed by atoms with Gasteiger partial charge in [-0.3, -0.25) is 4.79 Å². The fraction of sp³-hybridized carbons (Fsp3) is 0.0833. The molecule has 0 saturated carbocycles. The number of H-pyrrole nitrogens is 1. The molecule has 6 nitrogen and oxygen atoms in total. The van der Waals surface area contributed by atoms with Gasteiger partial charge in [0.1, 0.15) is 5.69 Å². The van der Waals surface area contributed by atoms with Crippen molar-refractivity contribution in [2.75, 3.05) is 5.43 Å². The van der Waals surface area contributed by atoms with E-state index in [1.165, 1.54) is 4.79 Å². The normalized spacial score (nSPS) is 10.7. The van der Waals surface area contributed by atoms with Crippen LogP contribution >= 0.6 is 27.3 Å². The molecule has 0 spiro atoms. The summed E-state index contributed by atoms with van der Waals surface area (Å²) in [6, 6.07) is 1.77. The number of halogens is 1. The highest BCUT2D eigenvalue weighted by Gasteiger charge is 2.11. The van der Waals surface area contributed by atoms with Crippen LogP contribution < -0.4 is 5.43 Å². The second kappa shape index (κ2) is 5.22. The Bertz CT molecular complexity index is 759. The number of nitrogens with zero attached hydrogens (tertiary/aromatic N) is 3. The molecule has 0 aliphatic heterocycles. The molecule has 0 atom stereocenters. The van der Waals surface area contributed by atoms with Crippen LogP contribution in [-0.4, -0.2) is 25.8 Å². The summed E-state index contributed by atoms with van der Waals surface area (Å²) in [5, 5.41) is 6.92. The highest BCUT2D eigenvalue weighted by molar-refractivity contribution is 9.10. The number of aryl methyl sites for hydroxylation is 1. The van der Waals surface area contributed by atoms with Gasteiger partial charge in [0.2, 0.25) is 0 Å². The van der Waals surface area contributed by atoms with E-state index in [0.717, 1.165) is 20.7 Å². The Morgan fingerprint density at radius 3 is 3.05 bits per heavy atom. The number of rotatable bonds is 3. The third-order valence-corrected chi connectivity index (χ3v) is 3.79. The molecule has 3 aromatic rings. The Morgan fingerprint density at radius 2 is 2.40 bits per heavy atom. The molecular formula is C12H10BrN5OS. The number of aromatic nitrogens is 4. The molecule has 8 heteroatoms. The van der Waals surface area contributed by atoms with Crippen molar-refractivity contribution < 1.29 is 4.79 Å². The molecule has 3 aromatic heterocycles. The third kappa shape index (κ3) is 2.66. The Morgan fingerprint density at radius 1 is 1.55 bits per heavy atom. The number of thiazole rings is 1. The lowest BCUT2D eigenvalue weighted by molar-refractivity contribution is 0.100. The fourth-order valence-electron chi connectivity index (χ4n) is 1.70. The second-order valence-electron chi connectivity index (χ2n) is 4.10. The number of amides is 1. The predicted octanol–water partition coefficient (Wildman–Crippen LogP) is 2.79. The first-order valence-corrected chi connectivity index (χ1v) is 7.41. The average molecular weight is 352 g/mol. The van der Waals surface area contributed by atoms with E-state index >= 15 is 0 Å². The van der Waals surface area contributed by atoms with Gasteiger partial charge in [-0.15, -0.1) is 11.3 Å². The molecule has 2 N–H and O–H groups in total. The molecule has 3 rings (SSSR count). The van der Waals surface area contributed by atoms with Gasteiger partial charge in [-0.05, 0) is 28.9 Å². The number of carbonyl (C=O) groups is 1. The summed E-state index contributed by atoms with van der Waals surface area (Å²) in [6.45, 7) is 1.95. The van der Waals surface area contributed by atoms with E-state index in [4.69, 9.17) is 0 Å². The lowest BCUT2D eigenvalue weighted by Crippen LogP contribution is -2.23. The maximum atomic E-state index is 12.0. The first kappa shape index (κ1) is 13.1. The lowest BCUT2D eigenvalue weighted by atomic mass is 10.2. The molecule has 0 aliphatic rings. The smallest absolute Gasteiger partial charge is 0.287 e. The zero-order valence-electron chi connectivity index (χ0n) is 10.4. The Labute approximate surface area is 127 Å². The number of nitrogens with one attached hydrogen (secondary N) is 2. The summed E-state index contributed by atoms with van der Waals surface area (Å²) >= 11 is 4.84. The second-order valence-corrected chi connectivity index (χ2v) is 6.08. The number of carbonyl (C=O) groups excluding carboxylic acids is 1. The van der Waals surface area contributed by atoms with Gasteiger partial charge in [-0.2, -0.15) is 9.89 Å². The largest absolute Gasteiger partial charge is 0.356 e. The quantitative estimate of drug-likeness (QED) is 0.761. The number of aromatic amines is 1. The van der Waals surface area contributed by atoms with Crippen molar-refractivity contribution in [1.29, 1.82) is 0 Å². The number of hydrogen-bond donors (Lipinski definition) is 2. The third-order valence-electron chi connectivity index (χ3n) is 2.61. The number of hydrogen-bond acceptors (Lipinski definition) is 4. The van der Waals surface area contributed by atoms with Gasteiger partial charge in [-0.25, -0.2) is 10.4 Å². The van der Waals surface area contributed by atoms with Crippen molar-refractivity contribution in [2.45, 2.75) is 6.92 Å². The van der Waals surface area contributed by atoms with Crippen molar-refractivity contribution in [1.82, 2.24) is 19.9 Å². The molecule has 0 fully saturated rings. The van der Waals surface area contributed by atoms with Crippen LogP contribution in [0.4, 0.5) is 0 Å². The van der Waals surface area contributed by atoms with Crippen LogP contribution in [0, 0.1) is 6.92 Å². The van der Waals surface area contributed by atoms with Crippen molar-refractivity contribution in [2.24, 2.45) is 0 Å². The van der Waals surface area contributed by atoms with Gasteiger partial charge in [-0.1, -0.05) is 0 Å². The summed E-state index contributed by atoms with van der Waals surface area (Å²) in [6.07, 6.45) is 5.02. The fourth-order valence-corrected chi connectivity index (χ4v) is 2.60. The minimum Gasteiger partial charge on any atom is -0.356 e. The average Bonchev–Trinajstić information content (AvgIpc) is 3.10. The SMILES string of the molecule is Cc1nc(-c2c[nH]c(C(=O)Nn3cc(Br)cn3)c2)cs1. The van der Waals surface area contributed by atoms with Crippen LogP contribution in [0.2, 0.25) is 0 Å². The minimum absolute atomic E-state index is 0.265. The van der Waals surface area contributed by atoms with Crippen LogP contribution in [0.1, 0.15) is 15.5 Å². The molecule has 3 heterocycles. The minimum atomic E-state index is -0.265. The Kier molecular flexibility index (Phi) is 3.41. The summed E-state index contributed by atoms with van der Waals surface area (Å²) in [5.74, 6) is -0.265. The van der Waals surface area contributed by atoms with E-state index in [-0.39, 0.29) is 5.91 Å². The van der Waals surface area contributed by atoms with Gasteiger partial charge in [0, 0.05) is 17.1 Å². The van der Waals surface area contributed by atoms with Gasteiger partial charge < -0.3 is 4.98 Å². The molecule has 0 radical (unpaired) electrons. The highest BCUT2D eigenvalue weighted by Crippen LogP contribution is 2.22. The Balaban J connectivity index is 1.78. The van der Waals surface area contributed by atoms with Crippen LogP contribution in [0.5, 0.6) is 0 Å². The van der Waals surface area contributed by atoms with Crippen molar-refractivity contribution in [3.63, 3.8) is 0 Å². The zero-order chi connectivity index (χ0) is 14.1. The highest BCUT2D eigenvalue weighted by atomic mass is 79.9. The van der Waals surface area contributed by atoms with E-state index in [1.54, 1.807) is 36.0 Å². The molecule has 0 saturated heterocycles. The zero-order valence-corrected chi connectivity index (χ0v) is 12.8. The topological polar surface area (TPSA) is 75.6 Å². The summed E-state index contributed by atoms with van der Waals surface area (Å²) in [5.41, 5.74) is 4.85. The molecular weight excluding hydrogens is 342 g/mol. The van der Waals surface area contributed by atoms with E-state index in [1.807, 2.05) is 12.3 Å². The predicted molar refractivity (Wildman–Crippen MR) is 80.3 cm³/mol. The van der Waals surface area contributed by atoms with Crippen LogP contribution in [-0.2, 0) is 0 Å². The molecule has 0 aromatic carbocycles. The van der Waals surface area contributed by atoms with E-state index in [0.29, 0.717) is 5.69 Å². The van der Waals surface area contributed by atoms with Gasteiger partial charge >= 0.3 is 0 Å². The van der Waals surface area contributed by atoms with Gasteiger partial charge in [0.15, 0.2) is 0 Å². The molecule has 1 amide bonds. The molecule has 102 valence electrons. The maximum Gasteiger partial charge on any atom is 0.287 e. The molecule has 0 bridgehead atoms. The molecule has 0 aliphatic carbocycles. The van der Waals surface area contributed by atoms with Gasteiger partial charge in [0.05, 0.1) is 27.6 Å². The van der Waals surface area contributed by atoms with Crippen molar-refractivity contribution in [3.05, 3.63) is 45.2 Å². The maximum absolute atomic E-state index is 12.0. The van der Waals surface area contributed by atoms with E-state index in [2.05, 4.69) is 36.4 Å². The van der Waals surface area contributed by atoms with Crippen LogP contribution in [0.25, 0.3) is 11.3 Å². The monoisotopic (exact) mass is 351 g/mol. The van der Waals surface area contributed by atoms with Crippen LogP contribution in [0.3, 0.4) is 0 Å². The summed E-state index contributed by atoms with van der Waals surface area (Å²) in [4.78, 5) is 20.7. The van der Waals surface area contributed by atoms with Crippen molar-refractivity contribution >= 4 is 33.2 Å². The van der Waals surface area contributed by atoms with E-state index in [9.17, 15) is 4.79 Å².